The van der Waals surface area contributed by atoms with Gasteiger partial charge in [0, 0.05) is 0 Å². The van der Waals surface area contributed by atoms with Crippen molar-refractivity contribution < 1.29 is 31.3 Å². The standard InChI is InChI=1S/C14H10O4.C6H16N2/c15-13(16)11-5-1-9(2-6-11)10-3-7-12(8-4-10)14(17)18;7-5-3-1-2-4-6-8/h1-8H,(H,15,16)(H,17,18);1-8H2. The first-order valence-corrected chi connectivity index (χ1v) is 8.71. The van der Waals surface area contributed by atoms with Crippen molar-refractivity contribution in [2.75, 3.05) is 13.1 Å². The molecular weight excluding hydrogens is 332 g/mol. The van der Waals surface area contributed by atoms with E-state index in [1.165, 1.54) is 49.9 Å². The maximum Gasteiger partial charge on any atom is 0.0739 e. The molecule has 0 saturated heterocycles. The minimum atomic E-state index is -1.23. The van der Waals surface area contributed by atoms with Gasteiger partial charge < -0.3 is 31.3 Å². The van der Waals surface area contributed by atoms with E-state index in [2.05, 4.69) is 11.5 Å². The Balaban J connectivity index is 0.000000359. The van der Waals surface area contributed by atoms with Crippen molar-refractivity contribution in [2.45, 2.75) is 25.7 Å². The molecular formula is C20H26N2O4. The van der Waals surface area contributed by atoms with E-state index >= 15 is 0 Å². The van der Waals surface area contributed by atoms with E-state index in [1.54, 1.807) is 24.3 Å². The first-order valence-electron chi connectivity index (χ1n) is 8.71. The lowest BCUT2D eigenvalue weighted by atomic mass is 10.0. The van der Waals surface area contributed by atoms with Gasteiger partial charge in [-0.15, -0.1) is 0 Å². The van der Waals surface area contributed by atoms with Gasteiger partial charge in [0.15, 0.2) is 0 Å². The second-order valence-electron chi connectivity index (χ2n) is 5.85. The Labute approximate surface area is 153 Å². The third kappa shape index (κ3) is 7.46. The van der Waals surface area contributed by atoms with Gasteiger partial charge in [0.1, 0.15) is 0 Å². The number of carbonyl (C=O) groups is 2. The highest BCUT2D eigenvalue weighted by Crippen LogP contribution is 2.20. The van der Waals surface area contributed by atoms with E-state index in [9.17, 15) is 19.8 Å². The molecule has 0 unspecified atom stereocenters. The van der Waals surface area contributed by atoms with Gasteiger partial charge in [-0.1, -0.05) is 48.5 Å². The fourth-order valence-electron chi connectivity index (χ4n) is 2.30. The average molecular weight is 358 g/mol. The van der Waals surface area contributed by atoms with Gasteiger partial charge in [-0.25, -0.2) is 0 Å². The third-order valence-corrected chi connectivity index (χ3v) is 3.82. The Kier molecular flexibility index (Phi) is 9.67. The van der Waals surface area contributed by atoms with Crippen molar-refractivity contribution in [3.8, 4) is 11.1 Å². The molecule has 0 aliphatic heterocycles. The lowest BCUT2D eigenvalue weighted by Gasteiger charge is -2.07. The minimum absolute atomic E-state index is 0.102. The Bertz CT molecular complexity index is 620. The zero-order chi connectivity index (χ0) is 19.4. The molecule has 0 spiro atoms. The molecule has 2 rings (SSSR count). The smallest absolute Gasteiger partial charge is 0.0739 e. The maximum absolute atomic E-state index is 10.6. The molecule has 0 radical (unpaired) electrons. The molecule has 0 aliphatic carbocycles. The van der Waals surface area contributed by atoms with Gasteiger partial charge in [0.05, 0.1) is 25.0 Å². The van der Waals surface area contributed by atoms with Gasteiger partial charge in [-0.2, -0.15) is 0 Å². The van der Waals surface area contributed by atoms with Crippen LogP contribution in [0.15, 0.2) is 48.5 Å². The largest absolute Gasteiger partial charge is 0.545 e. The molecule has 0 bridgehead atoms. The molecule has 0 saturated carbocycles. The number of quaternary nitrogens is 2. The highest BCUT2D eigenvalue weighted by molar-refractivity contribution is 5.88. The van der Waals surface area contributed by atoms with E-state index in [1.807, 2.05) is 0 Å². The zero-order valence-corrected chi connectivity index (χ0v) is 14.9. The molecule has 6 N–H and O–H groups in total. The minimum Gasteiger partial charge on any atom is -0.545 e. The molecule has 0 heterocycles. The van der Waals surface area contributed by atoms with Crippen LogP contribution in [0.5, 0.6) is 0 Å². The molecule has 2 aromatic rings. The number of carbonyl (C=O) groups excluding carboxylic acids is 2. The second-order valence-corrected chi connectivity index (χ2v) is 5.85. The van der Waals surface area contributed by atoms with E-state index in [0.29, 0.717) is 0 Å². The summed E-state index contributed by atoms with van der Waals surface area (Å²) >= 11 is 0. The number of benzene rings is 2. The summed E-state index contributed by atoms with van der Waals surface area (Å²) in [4.78, 5) is 21.2. The van der Waals surface area contributed by atoms with Gasteiger partial charge in [0.25, 0.3) is 0 Å². The van der Waals surface area contributed by atoms with E-state index in [0.717, 1.165) is 24.2 Å². The maximum atomic E-state index is 10.6. The second kappa shape index (κ2) is 11.8. The van der Waals surface area contributed by atoms with Crippen molar-refractivity contribution in [3.63, 3.8) is 0 Å². The van der Waals surface area contributed by atoms with Gasteiger partial charge in [-0.05, 0) is 47.9 Å². The molecule has 2 aromatic carbocycles. The topological polar surface area (TPSA) is 136 Å². The van der Waals surface area contributed by atoms with Crippen LogP contribution in [0, 0.1) is 0 Å². The molecule has 26 heavy (non-hydrogen) atoms. The van der Waals surface area contributed by atoms with E-state index < -0.39 is 11.9 Å². The van der Waals surface area contributed by atoms with Gasteiger partial charge >= 0.3 is 0 Å². The number of hydrogen-bond acceptors (Lipinski definition) is 4. The van der Waals surface area contributed by atoms with Gasteiger partial charge in [0.2, 0.25) is 0 Å². The number of carboxylic acid groups (broad SMARTS) is 2. The Morgan fingerprint density at radius 1 is 0.615 bits per heavy atom. The summed E-state index contributed by atoms with van der Waals surface area (Å²) in [6, 6.07) is 12.3. The Morgan fingerprint density at radius 3 is 1.15 bits per heavy atom. The monoisotopic (exact) mass is 358 g/mol. The van der Waals surface area contributed by atoms with Crippen LogP contribution in [0.2, 0.25) is 0 Å². The summed E-state index contributed by atoms with van der Waals surface area (Å²) in [7, 11) is 0. The SMILES string of the molecule is O=C([O-])c1ccc(-c2ccc(C(=O)[O-])cc2)cc1.[NH3+]CCCCCC[NH3+]. The molecule has 6 heteroatoms. The summed E-state index contributed by atoms with van der Waals surface area (Å²) in [5.74, 6) is -2.46. The molecule has 6 nitrogen and oxygen atoms in total. The van der Waals surface area contributed by atoms with Crippen LogP contribution in [0.4, 0.5) is 0 Å². The van der Waals surface area contributed by atoms with Crippen LogP contribution in [0.3, 0.4) is 0 Å². The highest BCUT2D eigenvalue weighted by Gasteiger charge is 1.99. The summed E-state index contributed by atoms with van der Waals surface area (Å²) in [6.07, 6.45) is 5.28. The van der Waals surface area contributed by atoms with Crippen molar-refractivity contribution in [1.82, 2.24) is 0 Å². The predicted molar refractivity (Wildman–Crippen MR) is 94.5 cm³/mol. The van der Waals surface area contributed by atoms with Crippen LogP contribution in [-0.2, 0) is 0 Å². The quantitative estimate of drug-likeness (QED) is 0.592. The number of hydrogen-bond donors (Lipinski definition) is 2. The molecule has 0 amide bonds. The normalized spacial score (nSPS) is 9.92. The highest BCUT2D eigenvalue weighted by atomic mass is 16.4. The number of carboxylic acids is 2. The number of rotatable bonds is 8. The lowest BCUT2D eigenvalue weighted by Crippen LogP contribution is -2.50. The third-order valence-electron chi connectivity index (χ3n) is 3.82. The van der Waals surface area contributed by atoms with Crippen LogP contribution >= 0.6 is 0 Å². The predicted octanol–water partition coefficient (Wildman–Crippen LogP) is -0.889. The first-order chi connectivity index (χ1) is 12.5. The average Bonchev–Trinajstić information content (AvgIpc) is 2.66. The van der Waals surface area contributed by atoms with Crippen molar-refractivity contribution >= 4 is 11.9 Å². The molecule has 0 aromatic heterocycles. The van der Waals surface area contributed by atoms with Crippen molar-refractivity contribution in [1.29, 1.82) is 0 Å². The Hall–Kier alpha value is -2.70. The molecule has 0 atom stereocenters. The lowest BCUT2D eigenvalue weighted by molar-refractivity contribution is -0.371. The molecule has 0 aliphatic rings. The van der Waals surface area contributed by atoms with Crippen LogP contribution in [0.25, 0.3) is 11.1 Å². The summed E-state index contributed by atoms with van der Waals surface area (Å²) in [6.45, 7) is 2.19. The van der Waals surface area contributed by atoms with E-state index in [-0.39, 0.29) is 11.1 Å². The molecule has 0 fully saturated rings. The summed E-state index contributed by atoms with van der Waals surface area (Å²) < 4.78 is 0. The fourth-order valence-corrected chi connectivity index (χ4v) is 2.30. The molecule has 140 valence electrons. The van der Waals surface area contributed by atoms with Crippen LogP contribution in [0.1, 0.15) is 46.4 Å². The summed E-state index contributed by atoms with van der Waals surface area (Å²) in [5, 5.41) is 21.2. The van der Waals surface area contributed by atoms with Gasteiger partial charge in [-0.3, -0.25) is 0 Å². The number of aromatic carboxylic acids is 2. The van der Waals surface area contributed by atoms with Crippen LogP contribution in [-0.4, -0.2) is 25.0 Å². The fraction of sp³-hybridized carbons (Fsp3) is 0.300. The Morgan fingerprint density at radius 2 is 0.923 bits per heavy atom. The number of unbranched alkanes of at least 4 members (excludes halogenated alkanes) is 3. The first kappa shape index (κ1) is 21.3. The summed E-state index contributed by atoms with van der Waals surface area (Å²) in [5.41, 5.74) is 9.33. The van der Waals surface area contributed by atoms with Crippen molar-refractivity contribution in [3.05, 3.63) is 59.7 Å². The van der Waals surface area contributed by atoms with E-state index in [4.69, 9.17) is 0 Å². The van der Waals surface area contributed by atoms with Crippen molar-refractivity contribution in [2.24, 2.45) is 0 Å². The zero-order valence-electron chi connectivity index (χ0n) is 14.9. The van der Waals surface area contributed by atoms with Crippen LogP contribution < -0.4 is 21.7 Å².